The summed E-state index contributed by atoms with van der Waals surface area (Å²) in [5.41, 5.74) is 2.43. The Morgan fingerprint density at radius 3 is 2.28 bits per heavy atom. The monoisotopic (exact) mass is 357 g/mol. The fourth-order valence-electron chi connectivity index (χ4n) is 2.10. The number of hydrogen-bond donors (Lipinski definition) is 2. The van der Waals surface area contributed by atoms with Crippen molar-refractivity contribution in [2.24, 2.45) is 0 Å². The zero-order valence-corrected chi connectivity index (χ0v) is 15.5. The smallest absolute Gasteiger partial charge is 0.257 e. The van der Waals surface area contributed by atoms with Gasteiger partial charge in [-0.05, 0) is 67.2 Å². The van der Waals surface area contributed by atoms with E-state index in [1.807, 2.05) is 50.2 Å². The Labute approximate surface area is 154 Å². The molecule has 0 bridgehead atoms. The van der Waals surface area contributed by atoms with Crippen LogP contribution in [0.15, 0.2) is 48.5 Å². The van der Waals surface area contributed by atoms with Gasteiger partial charge in [0, 0.05) is 31.0 Å². The highest BCUT2D eigenvalue weighted by Crippen LogP contribution is 2.16. The van der Waals surface area contributed by atoms with Crippen molar-refractivity contribution in [3.63, 3.8) is 0 Å². The first-order chi connectivity index (χ1) is 12.0. The molecule has 0 aliphatic carbocycles. The van der Waals surface area contributed by atoms with Crippen LogP contribution in [-0.4, -0.2) is 31.7 Å². The van der Waals surface area contributed by atoms with Crippen LogP contribution in [-0.2, 0) is 0 Å². The van der Waals surface area contributed by atoms with E-state index in [4.69, 9.17) is 17.0 Å². The van der Waals surface area contributed by atoms with E-state index in [2.05, 4.69) is 10.6 Å². The van der Waals surface area contributed by atoms with Gasteiger partial charge < -0.3 is 15.0 Å². The van der Waals surface area contributed by atoms with Gasteiger partial charge in [0.15, 0.2) is 5.11 Å². The number of anilines is 2. The van der Waals surface area contributed by atoms with Crippen LogP contribution in [0.1, 0.15) is 23.7 Å². The number of nitrogens with zero attached hydrogens (tertiary/aromatic N) is 1. The minimum atomic E-state index is -0.260. The number of nitrogens with one attached hydrogen (secondary N) is 2. The molecule has 0 fully saturated rings. The summed E-state index contributed by atoms with van der Waals surface area (Å²) in [6, 6.07) is 14.8. The quantitative estimate of drug-likeness (QED) is 0.773. The van der Waals surface area contributed by atoms with E-state index in [0.717, 1.165) is 23.5 Å². The normalized spacial score (nSPS) is 10.0. The topological polar surface area (TPSA) is 53.6 Å². The van der Waals surface area contributed by atoms with E-state index < -0.39 is 0 Å². The second-order valence-electron chi connectivity index (χ2n) is 5.72. The highest BCUT2D eigenvalue weighted by Gasteiger charge is 2.08. The van der Waals surface area contributed by atoms with Crippen LogP contribution in [0.4, 0.5) is 11.4 Å². The maximum Gasteiger partial charge on any atom is 0.257 e. The lowest BCUT2D eigenvalue weighted by Gasteiger charge is -2.14. The Bertz CT molecular complexity index is 712. The van der Waals surface area contributed by atoms with E-state index in [-0.39, 0.29) is 11.0 Å². The molecule has 5 nitrogen and oxygen atoms in total. The van der Waals surface area contributed by atoms with E-state index in [0.29, 0.717) is 12.2 Å². The highest BCUT2D eigenvalue weighted by molar-refractivity contribution is 7.80. The van der Waals surface area contributed by atoms with Crippen molar-refractivity contribution in [2.75, 3.05) is 30.9 Å². The summed E-state index contributed by atoms with van der Waals surface area (Å²) < 4.78 is 5.50. The number of hydrogen-bond acceptors (Lipinski definition) is 4. The number of amides is 1. The SMILES string of the molecule is CCCOc1ccc(C(=O)NC(=S)Nc2ccc(N(C)C)cc2)cc1. The molecule has 2 rings (SSSR count). The molecule has 0 heterocycles. The van der Waals surface area contributed by atoms with Crippen LogP contribution in [0.25, 0.3) is 0 Å². The first kappa shape index (κ1) is 18.7. The average molecular weight is 357 g/mol. The average Bonchev–Trinajstić information content (AvgIpc) is 2.60. The minimum absolute atomic E-state index is 0.258. The fourth-order valence-corrected chi connectivity index (χ4v) is 2.31. The first-order valence-electron chi connectivity index (χ1n) is 8.12. The second kappa shape index (κ2) is 9.03. The molecule has 25 heavy (non-hydrogen) atoms. The number of carbonyl (C=O) groups excluding carboxylic acids is 1. The molecule has 0 saturated carbocycles. The van der Waals surface area contributed by atoms with Crippen molar-refractivity contribution in [3.8, 4) is 5.75 Å². The van der Waals surface area contributed by atoms with Crippen LogP contribution >= 0.6 is 12.2 Å². The Kier molecular flexibility index (Phi) is 6.77. The van der Waals surface area contributed by atoms with Gasteiger partial charge in [0.25, 0.3) is 5.91 Å². The molecule has 0 aliphatic rings. The van der Waals surface area contributed by atoms with Crippen molar-refractivity contribution < 1.29 is 9.53 Å². The van der Waals surface area contributed by atoms with Gasteiger partial charge in [-0.1, -0.05) is 6.92 Å². The first-order valence-corrected chi connectivity index (χ1v) is 8.53. The summed E-state index contributed by atoms with van der Waals surface area (Å²) in [6.45, 7) is 2.70. The van der Waals surface area contributed by atoms with Gasteiger partial charge in [0.2, 0.25) is 0 Å². The molecule has 0 saturated heterocycles. The minimum Gasteiger partial charge on any atom is -0.494 e. The standard InChI is InChI=1S/C19H23N3O2S/c1-4-13-24-17-11-5-14(6-12-17)18(23)21-19(25)20-15-7-9-16(10-8-15)22(2)3/h5-12H,4,13H2,1-3H3,(H2,20,21,23,25). The summed E-state index contributed by atoms with van der Waals surface area (Å²) in [7, 11) is 3.96. The summed E-state index contributed by atoms with van der Waals surface area (Å²) in [4.78, 5) is 14.2. The lowest BCUT2D eigenvalue weighted by atomic mass is 10.2. The third kappa shape index (κ3) is 5.76. The molecule has 0 aliphatic heterocycles. The molecule has 2 N–H and O–H groups in total. The van der Waals surface area contributed by atoms with Gasteiger partial charge in [0.1, 0.15) is 5.75 Å². The van der Waals surface area contributed by atoms with E-state index in [1.54, 1.807) is 24.3 Å². The van der Waals surface area contributed by atoms with Gasteiger partial charge in [-0.15, -0.1) is 0 Å². The summed E-state index contributed by atoms with van der Waals surface area (Å²) in [5.74, 6) is 0.490. The number of rotatable bonds is 6. The van der Waals surface area contributed by atoms with Crippen LogP contribution in [0.3, 0.4) is 0 Å². The maximum atomic E-state index is 12.2. The van der Waals surface area contributed by atoms with Gasteiger partial charge in [-0.3, -0.25) is 10.1 Å². The Morgan fingerprint density at radius 1 is 1.08 bits per heavy atom. The van der Waals surface area contributed by atoms with Gasteiger partial charge in [-0.25, -0.2) is 0 Å². The van der Waals surface area contributed by atoms with Crippen molar-refractivity contribution in [1.29, 1.82) is 0 Å². The summed E-state index contributed by atoms with van der Waals surface area (Å²) in [5, 5.41) is 5.94. The van der Waals surface area contributed by atoms with Crippen molar-refractivity contribution in [3.05, 3.63) is 54.1 Å². The largest absolute Gasteiger partial charge is 0.494 e. The molecule has 0 atom stereocenters. The number of carbonyl (C=O) groups is 1. The highest BCUT2D eigenvalue weighted by atomic mass is 32.1. The molecular weight excluding hydrogens is 334 g/mol. The van der Waals surface area contributed by atoms with E-state index >= 15 is 0 Å². The summed E-state index contributed by atoms with van der Waals surface area (Å²) in [6.07, 6.45) is 0.942. The molecule has 2 aromatic carbocycles. The predicted octanol–water partition coefficient (Wildman–Crippen LogP) is 3.67. The number of benzene rings is 2. The van der Waals surface area contributed by atoms with Crippen molar-refractivity contribution in [1.82, 2.24) is 5.32 Å². The van der Waals surface area contributed by atoms with Crippen LogP contribution in [0.5, 0.6) is 5.75 Å². The number of thiocarbonyl (C=S) groups is 1. The van der Waals surface area contributed by atoms with Crippen molar-refractivity contribution >= 4 is 34.6 Å². The van der Waals surface area contributed by atoms with E-state index in [1.165, 1.54) is 0 Å². The molecule has 0 spiro atoms. The molecule has 132 valence electrons. The molecule has 2 aromatic rings. The zero-order chi connectivity index (χ0) is 18.2. The lowest BCUT2D eigenvalue weighted by molar-refractivity contribution is 0.0977. The van der Waals surface area contributed by atoms with Crippen LogP contribution < -0.4 is 20.3 Å². The van der Waals surface area contributed by atoms with Crippen molar-refractivity contribution in [2.45, 2.75) is 13.3 Å². The Hall–Kier alpha value is -2.60. The Morgan fingerprint density at radius 2 is 1.72 bits per heavy atom. The van der Waals surface area contributed by atoms with Crippen LogP contribution in [0, 0.1) is 0 Å². The fraction of sp³-hybridized carbons (Fsp3) is 0.263. The van der Waals surface area contributed by atoms with Gasteiger partial charge >= 0.3 is 0 Å². The third-order valence-electron chi connectivity index (χ3n) is 3.46. The van der Waals surface area contributed by atoms with Gasteiger partial charge in [0.05, 0.1) is 6.61 Å². The maximum absolute atomic E-state index is 12.2. The molecule has 0 unspecified atom stereocenters. The summed E-state index contributed by atoms with van der Waals surface area (Å²) >= 11 is 5.20. The zero-order valence-electron chi connectivity index (χ0n) is 14.7. The third-order valence-corrected chi connectivity index (χ3v) is 3.66. The molecular formula is C19H23N3O2S. The molecule has 0 aromatic heterocycles. The molecule has 6 heteroatoms. The van der Waals surface area contributed by atoms with Crippen LogP contribution in [0.2, 0.25) is 0 Å². The second-order valence-corrected chi connectivity index (χ2v) is 6.13. The molecule has 1 amide bonds. The van der Waals surface area contributed by atoms with E-state index in [9.17, 15) is 4.79 Å². The predicted molar refractivity (Wildman–Crippen MR) is 107 cm³/mol. The van der Waals surface area contributed by atoms with Gasteiger partial charge in [-0.2, -0.15) is 0 Å². The lowest BCUT2D eigenvalue weighted by Crippen LogP contribution is -2.34. The molecule has 0 radical (unpaired) electrons. The number of ether oxygens (including phenoxy) is 1. The Balaban J connectivity index is 1.90.